The number of anilines is 2. The summed E-state index contributed by atoms with van der Waals surface area (Å²) in [7, 11) is 0. The molecule has 7 nitrogen and oxygen atoms in total. The Kier molecular flexibility index (Phi) is 4.54. The van der Waals surface area contributed by atoms with Crippen LogP contribution in [0.25, 0.3) is 5.69 Å². The third-order valence-corrected chi connectivity index (χ3v) is 5.07. The Morgan fingerprint density at radius 3 is 2.38 bits per heavy atom. The largest absolute Gasteiger partial charge is 0.367 e. The first-order chi connectivity index (χ1) is 12.8. The summed E-state index contributed by atoms with van der Waals surface area (Å²) in [5.74, 6) is 0.759. The molecule has 1 aliphatic rings. The maximum atomic E-state index is 9.01. The van der Waals surface area contributed by atoms with Gasteiger partial charge in [0, 0.05) is 30.7 Å². The van der Waals surface area contributed by atoms with Gasteiger partial charge in [0.05, 0.1) is 23.0 Å². The molecular formula is C18H16BrN7. The summed E-state index contributed by atoms with van der Waals surface area (Å²) in [6.45, 7) is 3.34. The quantitative estimate of drug-likeness (QED) is 0.661. The van der Waals surface area contributed by atoms with E-state index < -0.39 is 0 Å². The van der Waals surface area contributed by atoms with Crippen molar-refractivity contribution >= 4 is 27.6 Å². The molecule has 0 radical (unpaired) electrons. The Morgan fingerprint density at radius 2 is 1.69 bits per heavy atom. The second-order valence-electron chi connectivity index (χ2n) is 5.98. The summed E-state index contributed by atoms with van der Waals surface area (Å²) in [6, 6.07) is 17.8. The maximum Gasteiger partial charge on any atom is 0.250 e. The van der Waals surface area contributed by atoms with Crippen molar-refractivity contribution in [1.82, 2.24) is 20.2 Å². The predicted molar refractivity (Wildman–Crippen MR) is 102 cm³/mol. The van der Waals surface area contributed by atoms with E-state index in [4.69, 9.17) is 5.26 Å². The Balaban J connectivity index is 1.50. The van der Waals surface area contributed by atoms with E-state index in [1.807, 2.05) is 48.5 Å². The molecule has 0 spiro atoms. The molecule has 0 unspecified atom stereocenters. The first-order valence-electron chi connectivity index (χ1n) is 8.29. The molecular weight excluding hydrogens is 394 g/mol. The van der Waals surface area contributed by atoms with Crippen LogP contribution in [-0.2, 0) is 0 Å². The van der Waals surface area contributed by atoms with Crippen LogP contribution in [0.2, 0.25) is 0 Å². The molecule has 8 heteroatoms. The Labute approximate surface area is 159 Å². The van der Waals surface area contributed by atoms with Crippen molar-refractivity contribution in [3.8, 4) is 11.8 Å². The van der Waals surface area contributed by atoms with Crippen LogP contribution in [0.1, 0.15) is 5.56 Å². The van der Waals surface area contributed by atoms with Crippen molar-refractivity contribution < 1.29 is 0 Å². The van der Waals surface area contributed by atoms with Crippen LogP contribution >= 0.6 is 15.9 Å². The number of halogens is 1. The number of piperazine rings is 1. The monoisotopic (exact) mass is 409 g/mol. The molecule has 0 N–H and O–H groups in total. The van der Waals surface area contributed by atoms with Gasteiger partial charge in [-0.05, 0) is 56.7 Å². The zero-order chi connectivity index (χ0) is 17.9. The van der Waals surface area contributed by atoms with Crippen LogP contribution in [0.3, 0.4) is 0 Å². The molecule has 2 heterocycles. The number of hydrogen-bond acceptors (Lipinski definition) is 6. The highest BCUT2D eigenvalue weighted by molar-refractivity contribution is 9.10. The third-order valence-electron chi connectivity index (χ3n) is 4.43. The number of para-hydroxylation sites is 1. The van der Waals surface area contributed by atoms with E-state index >= 15 is 0 Å². The number of benzene rings is 2. The zero-order valence-electron chi connectivity index (χ0n) is 14.0. The summed E-state index contributed by atoms with van der Waals surface area (Å²) >= 11 is 3.58. The fourth-order valence-corrected chi connectivity index (χ4v) is 3.73. The van der Waals surface area contributed by atoms with Gasteiger partial charge in [-0.3, -0.25) is 0 Å². The average Bonchev–Trinajstić information content (AvgIpc) is 3.18. The van der Waals surface area contributed by atoms with E-state index in [-0.39, 0.29) is 0 Å². The van der Waals surface area contributed by atoms with Crippen LogP contribution in [0.5, 0.6) is 0 Å². The molecule has 1 saturated heterocycles. The first-order valence-corrected chi connectivity index (χ1v) is 9.09. The Morgan fingerprint density at radius 1 is 0.962 bits per heavy atom. The van der Waals surface area contributed by atoms with E-state index in [9.17, 15) is 0 Å². The van der Waals surface area contributed by atoms with Gasteiger partial charge in [-0.2, -0.15) is 9.94 Å². The lowest BCUT2D eigenvalue weighted by atomic mass is 10.2. The Hall–Kier alpha value is -2.92. The number of aromatic nitrogens is 4. The molecule has 3 aromatic rings. The van der Waals surface area contributed by atoms with E-state index in [0.29, 0.717) is 5.56 Å². The number of nitriles is 1. The molecule has 1 fully saturated rings. The standard InChI is InChI=1S/C18H16BrN7/c19-16-12-14(13-20)6-7-17(16)24-8-10-25(11-9-24)18-21-22-23-26(18)15-4-2-1-3-5-15/h1-7,12H,8-11H2. The van der Waals surface area contributed by atoms with E-state index in [1.165, 1.54) is 0 Å². The number of rotatable bonds is 3. The Bertz CT molecular complexity index is 940. The molecule has 1 aliphatic heterocycles. The van der Waals surface area contributed by atoms with Crippen molar-refractivity contribution in [2.75, 3.05) is 36.0 Å². The molecule has 26 heavy (non-hydrogen) atoms. The smallest absolute Gasteiger partial charge is 0.250 e. The van der Waals surface area contributed by atoms with Crippen molar-refractivity contribution in [3.63, 3.8) is 0 Å². The fraction of sp³-hybridized carbons (Fsp3) is 0.222. The minimum absolute atomic E-state index is 0.654. The van der Waals surface area contributed by atoms with Crippen LogP contribution in [0, 0.1) is 11.3 Å². The molecule has 0 aliphatic carbocycles. The van der Waals surface area contributed by atoms with Gasteiger partial charge in [0.2, 0.25) is 5.95 Å². The summed E-state index contributed by atoms with van der Waals surface area (Å²) < 4.78 is 2.71. The normalized spacial score (nSPS) is 14.3. The predicted octanol–water partition coefficient (Wildman–Crippen LogP) is 2.62. The van der Waals surface area contributed by atoms with Crippen LogP contribution in [0.15, 0.2) is 53.0 Å². The molecule has 0 saturated carbocycles. The lowest BCUT2D eigenvalue weighted by molar-refractivity contribution is 0.631. The summed E-state index contributed by atoms with van der Waals surface area (Å²) in [5, 5.41) is 21.2. The van der Waals surface area contributed by atoms with Crippen molar-refractivity contribution in [1.29, 1.82) is 5.26 Å². The van der Waals surface area contributed by atoms with Gasteiger partial charge in [-0.15, -0.1) is 0 Å². The van der Waals surface area contributed by atoms with E-state index in [2.05, 4.69) is 47.3 Å². The third kappa shape index (κ3) is 3.13. The molecule has 1 aromatic heterocycles. The van der Waals surface area contributed by atoms with Crippen LogP contribution < -0.4 is 9.80 Å². The van der Waals surface area contributed by atoms with E-state index in [1.54, 1.807) is 4.68 Å². The SMILES string of the molecule is N#Cc1ccc(N2CCN(c3nnnn3-c3ccccc3)CC2)c(Br)c1. The number of hydrogen-bond donors (Lipinski definition) is 0. The summed E-state index contributed by atoms with van der Waals surface area (Å²) in [6.07, 6.45) is 0. The van der Waals surface area contributed by atoms with Crippen LogP contribution in [0.4, 0.5) is 11.6 Å². The topological polar surface area (TPSA) is 73.9 Å². The molecule has 0 bridgehead atoms. The van der Waals surface area contributed by atoms with E-state index in [0.717, 1.165) is 48.0 Å². The van der Waals surface area contributed by atoms with Crippen molar-refractivity contribution in [2.24, 2.45) is 0 Å². The lowest BCUT2D eigenvalue weighted by Gasteiger charge is -2.36. The highest BCUT2D eigenvalue weighted by Crippen LogP contribution is 2.28. The van der Waals surface area contributed by atoms with Gasteiger partial charge < -0.3 is 9.80 Å². The average molecular weight is 410 g/mol. The second kappa shape index (κ2) is 7.14. The second-order valence-corrected chi connectivity index (χ2v) is 6.83. The minimum Gasteiger partial charge on any atom is -0.367 e. The molecule has 130 valence electrons. The number of tetrazole rings is 1. The highest BCUT2D eigenvalue weighted by atomic mass is 79.9. The van der Waals surface area contributed by atoms with Gasteiger partial charge in [-0.25, -0.2) is 0 Å². The van der Waals surface area contributed by atoms with Gasteiger partial charge in [-0.1, -0.05) is 23.3 Å². The fourth-order valence-electron chi connectivity index (χ4n) is 3.10. The molecule has 0 atom stereocenters. The number of nitrogens with zero attached hydrogens (tertiary/aromatic N) is 7. The summed E-state index contributed by atoms with van der Waals surface area (Å²) in [4.78, 5) is 4.50. The molecule has 2 aromatic carbocycles. The van der Waals surface area contributed by atoms with Gasteiger partial charge in [0.1, 0.15) is 0 Å². The van der Waals surface area contributed by atoms with Gasteiger partial charge in [0.15, 0.2) is 0 Å². The van der Waals surface area contributed by atoms with Gasteiger partial charge >= 0.3 is 0 Å². The minimum atomic E-state index is 0.654. The molecule has 4 rings (SSSR count). The molecule has 0 amide bonds. The first kappa shape index (κ1) is 16.5. The van der Waals surface area contributed by atoms with Crippen LogP contribution in [-0.4, -0.2) is 46.4 Å². The highest BCUT2D eigenvalue weighted by Gasteiger charge is 2.23. The lowest BCUT2D eigenvalue weighted by Crippen LogP contribution is -2.47. The summed E-state index contributed by atoms with van der Waals surface area (Å²) in [5.41, 5.74) is 2.71. The van der Waals surface area contributed by atoms with Gasteiger partial charge in [0.25, 0.3) is 0 Å². The zero-order valence-corrected chi connectivity index (χ0v) is 15.5. The van der Waals surface area contributed by atoms with Crippen molar-refractivity contribution in [3.05, 3.63) is 58.6 Å². The van der Waals surface area contributed by atoms with Crippen molar-refractivity contribution in [2.45, 2.75) is 0 Å². The maximum absolute atomic E-state index is 9.01.